The number of aryl methyl sites for hydroxylation is 1. The van der Waals surface area contributed by atoms with E-state index in [9.17, 15) is 24.0 Å². The Morgan fingerprint density at radius 1 is 0.977 bits per heavy atom. The fourth-order valence-corrected chi connectivity index (χ4v) is 5.02. The van der Waals surface area contributed by atoms with Crippen molar-refractivity contribution in [3.05, 3.63) is 93.3 Å². The second-order valence-electron chi connectivity index (χ2n) is 9.72. The van der Waals surface area contributed by atoms with Crippen LogP contribution in [0.5, 0.6) is 5.75 Å². The van der Waals surface area contributed by atoms with Crippen LogP contribution in [0.25, 0.3) is 6.08 Å². The second kappa shape index (κ2) is 15.2. The minimum absolute atomic E-state index is 0.0941. The predicted molar refractivity (Wildman–Crippen MR) is 170 cm³/mol. The Morgan fingerprint density at radius 3 is 2.45 bits per heavy atom. The third-order valence-electron chi connectivity index (χ3n) is 6.34. The van der Waals surface area contributed by atoms with E-state index in [1.165, 1.54) is 24.3 Å². The van der Waals surface area contributed by atoms with Gasteiger partial charge in [0, 0.05) is 11.4 Å². The molecule has 1 fully saturated rings. The number of thioether (sulfide) groups is 1. The first-order chi connectivity index (χ1) is 21.1. The second-order valence-corrected chi connectivity index (χ2v) is 11.1. The van der Waals surface area contributed by atoms with Crippen molar-refractivity contribution in [2.75, 3.05) is 30.4 Å². The van der Waals surface area contributed by atoms with E-state index >= 15 is 0 Å². The molecular formula is C32H30ClN3O7S. The van der Waals surface area contributed by atoms with Crippen molar-refractivity contribution in [1.29, 1.82) is 0 Å². The molecule has 2 N–H and O–H groups in total. The molecule has 3 aromatic rings. The smallest absolute Gasteiger partial charge is 0.339 e. The van der Waals surface area contributed by atoms with Gasteiger partial charge >= 0.3 is 5.97 Å². The molecule has 1 heterocycles. The molecular weight excluding hydrogens is 606 g/mol. The van der Waals surface area contributed by atoms with Crippen LogP contribution in [0, 0.1) is 6.92 Å². The normalized spacial score (nSPS) is 13.6. The lowest BCUT2D eigenvalue weighted by atomic mass is 10.2. The quantitative estimate of drug-likeness (QED) is 0.135. The van der Waals surface area contributed by atoms with E-state index in [4.69, 9.17) is 21.1 Å². The number of anilines is 2. The van der Waals surface area contributed by atoms with Crippen LogP contribution in [0.2, 0.25) is 5.02 Å². The van der Waals surface area contributed by atoms with Crippen molar-refractivity contribution in [2.45, 2.75) is 26.7 Å². The zero-order chi connectivity index (χ0) is 31.6. The molecule has 12 heteroatoms. The SMILES string of the molecule is CCCCOC(=O)c1cc(NC(=O)CN2C(=O)S/C(=C\c3ccc(OCC(=O)Nc4ccccc4C)cc3)C2=O)ccc1Cl. The Hall–Kier alpha value is -4.61. The molecule has 44 heavy (non-hydrogen) atoms. The summed E-state index contributed by atoms with van der Waals surface area (Å²) in [4.78, 5) is 63.7. The molecule has 0 aromatic heterocycles. The van der Waals surface area contributed by atoms with Crippen LogP contribution in [0.3, 0.4) is 0 Å². The van der Waals surface area contributed by atoms with Gasteiger partial charge in [-0.25, -0.2) is 4.79 Å². The molecule has 1 saturated heterocycles. The number of hydrogen-bond donors (Lipinski definition) is 2. The Bertz CT molecular complexity index is 1610. The highest BCUT2D eigenvalue weighted by molar-refractivity contribution is 8.18. The van der Waals surface area contributed by atoms with Crippen LogP contribution >= 0.6 is 23.4 Å². The van der Waals surface area contributed by atoms with Crippen LogP contribution in [0.15, 0.2) is 71.6 Å². The topological polar surface area (TPSA) is 131 Å². The third kappa shape index (κ3) is 8.71. The number of hydrogen-bond acceptors (Lipinski definition) is 8. The number of carbonyl (C=O) groups is 5. The molecule has 228 valence electrons. The number of esters is 1. The molecule has 0 unspecified atom stereocenters. The highest BCUT2D eigenvalue weighted by Gasteiger charge is 2.36. The summed E-state index contributed by atoms with van der Waals surface area (Å²) in [7, 11) is 0. The number of nitrogens with one attached hydrogen (secondary N) is 2. The maximum atomic E-state index is 12.9. The predicted octanol–water partition coefficient (Wildman–Crippen LogP) is 6.30. The van der Waals surface area contributed by atoms with Gasteiger partial charge in [0.05, 0.1) is 22.1 Å². The highest BCUT2D eigenvalue weighted by atomic mass is 35.5. The molecule has 10 nitrogen and oxygen atoms in total. The van der Waals surface area contributed by atoms with Crippen molar-refractivity contribution in [2.24, 2.45) is 0 Å². The average Bonchev–Trinajstić information content (AvgIpc) is 3.26. The summed E-state index contributed by atoms with van der Waals surface area (Å²) in [6.07, 6.45) is 3.10. The summed E-state index contributed by atoms with van der Waals surface area (Å²) < 4.78 is 10.7. The molecule has 1 aliphatic heterocycles. The van der Waals surface area contributed by atoms with Gasteiger partial charge in [0.15, 0.2) is 6.61 Å². The zero-order valence-electron chi connectivity index (χ0n) is 24.1. The number of para-hydroxylation sites is 1. The van der Waals surface area contributed by atoms with Crippen molar-refractivity contribution in [3.63, 3.8) is 0 Å². The van der Waals surface area contributed by atoms with Gasteiger partial charge in [-0.3, -0.25) is 24.1 Å². The first-order valence-corrected chi connectivity index (χ1v) is 14.9. The van der Waals surface area contributed by atoms with Crippen LogP contribution in [-0.2, 0) is 19.1 Å². The summed E-state index contributed by atoms with van der Waals surface area (Å²) in [5.41, 5.74) is 2.63. The number of unbranched alkanes of at least 4 members (excludes halogenated alkanes) is 1. The van der Waals surface area contributed by atoms with Gasteiger partial charge in [-0.15, -0.1) is 0 Å². The van der Waals surface area contributed by atoms with Crippen LogP contribution in [-0.4, -0.2) is 53.6 Å². The molecule has 4 amide bonds. The Kier molecular flexibility index (Phi) is 11.2. The lowest BCUT2D eigenvalue weighted by Gasteiger charge is -2.13. The van der Waals surface area contributed by atoms with Gasteiger partial charge in [0.25, 0.3) is 17.1 Å². The van der Waals surface area contributed by atoms with Gasteiger partial charge in [-0.05, 0) is 78.7 Å². The van der Waals surface area contributed by atoms with Crippen LogP contribution in [0.1, 0.15) is 41.3 Å². The average molecular weight is 636 g/mol. The van der Waals surface area contributed by atoms with Gasteiger partial charge in [-0.2, -0.15) is 0 Å². The minimum Gasteiger partial charge on any atom is -0.484 e. The number of benzene rings is 3. The lowest BCUT2D eigenvalue weighted by molar-refractivity contribution is -0.127. The molecule has 4 rings (SSSR count). The van der Waals surface area contributed by atoms with Crippen molar-refractivity contribution < 1.29 is 33.4 Å². The summed E-state index contributed by atoms with van der Waals surface area (Å²) in [5.74, 6) is -1.71. The fraction of sp³-hybridized carbons (Fsp3) is 0.219. The van der Waals surface area contributed by atoms with Gasteiger partial charge in [0.2, 0.25) is 5.91 Å². The van der Waals surface area contributed by atoms with Gasteiger partial charge in [0.1, 0.15) is 12.3 Å². The summed E-state index contributed by atoms with van der Waals surface area (Å²) >= 11 is 6.84. The number of nitrogens with zero attached hydrogens (tertiary/aromatic N) is 1. The summed E-state index contributed by atoms with van der Waals surface area (Å²) in [5, 5.41) is 4.96. The van der Waals surface area contributed by atoms with E-state index in [2.05, 4.69) is 10.6 Å². The largest absolute Gasteiger partial charge is 0.484 e. The van der Waals surface area contributed by atoms with Gasteiger partial charge in [-0.1, -0.05) is 55.3 Å². The Labute approximate surface area is 263 Å². The highest BCUT2D eigenvalue weighted by Crippen LogP contribution is 2.32. The molecule has 0 bridgehead atoms. The van der Waals surface area contributed by atoms with E-state index in [1.54, 1.807) is 30.3 Å². The standard InChI is InChI=1S/C32H30ClN3O7S/c1-3-4-15-42-31(40)24-17-22(11-14-25(24)33)34-28(37)18-36-30(39)27(44-32(36)41)16-21-9-12-23(13-10-21)43-19-29(38)35-26-8-6-5-7-20(26)2/h5-14,16-17H,3-4,15,18-19H2,1-2H3,(H,34,37)(H,35,38)/b27-16-. The third-order valence-corrected chi connectivity index (χ3v) is 7.58. The molecule has 3 aromatic carbocycles. The van der Waals surface area contributed by atoms with Crippen molar-refractivity contribution in [3.8, 4) is 5.75 Å². The van der Waals surface area contributed by atoms with E-state index in [0.717, 1.165) is 28.6 Å². The molecule has 0 aliphatic carbocycles. The monoisotopic (exact) mass is 635 g/mol. The number of ether oxygens (including phenoxy) is 2. The molecule has 0 atom stereocenters. The zero-order valence-corrected chi connectivity index (χ0v) is 25.6. The number of halogens is 1. The molecule has 0 spiro atoms. The van der Waals surface area contributed by atoms with Crippen molar-refractivity contribution >= 4 is 69.7 Å². The molecule has 0 saturated carbocycles. The van der Waals surface area contributed by atoms with E-state index < -0.39 is 29.6 Å². The fourth-order valence-electron chi connectivity index (χ4n) is 3.99. The maximum absolute atomic E-state index is 12.9. The van der Waals surface area contributed by atoms with Crippen LogP contribution in [0.4, 0.5) is 16.2 Å². The van der Waals surface area contributed by atoms with Gasteiger partial charge < -0.3 is 20.1 Å². The first kappa shape index (κ1) is 32.3. The van der Waals surface area contributed by atoms with Crippen molar-refractivity contribution in [1.82, 2.24) is 4.90 Å². The maximum Gasteiger partial charge on any atom is 0.339 e. The number of rotatable bonds is 12. The Morgan fingerprint density at radius 2 is 1.73 bits per heavy atom. The number of imide groups is 1. The first-order valence-electron chi connectivity index (χ1n) is 13.7. The summed E-state index contributed by atoms with van der Waals surface area (Å²) in [6.45, 7) is 3.41. The number of amides is 4. The Balaban J connectivity index is 1.31. The van der Waals surface area contributed by atoms with E-state index in [1.807, 2.05) is 32.0 Å². The van der Waals surface area contributed by atoms with E-state index in [-0.39, 0.29) is 40.3 Å². The summed E-state index contributed by atoms with van der Waals surface area (Å²) in [6, 6.07) is 18.4. The minimum atomic E-state index is -0.630. The molecule has 0 radical (unpaired) electrons. The van der Waals surface area contributed by atoms with E-state index in [0.29, 0.717) is 23.4 Å². The lowest BCUT2D eigenvalue weighted by Crippen LogP contribution is -2.36. The number of carbonyl (C=O) groups excluding carboxylic acids is 5. The van der Waals surface area contributed by atoms with Crippen LogP contribution < -0.4 is 15.4 Å². The molecule has 1 aliphatic rings.